The summed E-state index contributed by atoms with van der Waals surface area (Å²) in [6.07, 6.45) is 12.3. The molecule has 328 valence electrons. The Balaban J connectivity index is 0.000000205. The molecule has 4 heterocycles. The van der Waals surface area contributed by atoms with Gasteiger partial charge >= 0.3 is 12.1 Å². The zero-order valence-electron chi connectivity index (χ0n) is 38.2. The first-order valence-electron chi connectivity index (χ1n) is 23.4. The molecular formula is C52H77N5O3. The molecule has 4 atom stereocenters. The monoisotopic (exact) mass is 820 g/mol. The van der Waals surface area contributed by atoms with Crippen LogP contribution in [0.25, 0.3) is 0 Å². The van der Waals surface area contributed by atoms with Gasteiger partial charge in [0.25, 0.3) is 0 Å². The zero-order valence-corrected chi connectivity index (χ0v) is 38.2. The van der Waals surface area contributed by atoms with Crippen molar-refractivity contribution in [1.29, 1.82) is 0 Å². The lowest BCUT2D eigenvalue weighted by molar-refractivity contribution is -0.0253. The number of piperidine rings is 4. The second kappa shape index (κ2) is 20.8. The van der Waals surface area contributed by atoms with Gasteiger partial charge in [0.2, 0.25) is 0 Å². The third-order valence-corrected chi connectivity index (χ3v) is 13.7. The van der Waals surface area contributed by atoms with Crippen LogP contribution in [-0.2, 0) is 11.2 Å². The van der Waals surface area contributed by atoms with Gasteiger partial charge in [0.1, 0.15) is 5.60 Å². The minimum Gasteiger partial charge on any atom is -0.444 e. The number of nitrogens with zero attached hydrogens (tertiary/aromatic N) is 4. The Morgan fingerprint density at radius 1 is 0.633 bits per heavy atom. The fourth-order valence-corrected chi connectivity index (χ4v) is 10.5. The Morgan fingerprint density at radius 2 is 1.10 bits per heavy atom. The summed E-state index contributed by atoms with van der Waals surface area (Å²) in [6.45, 7) is 21.7. The van der Waals surface area contributed by atoms with Gasteiger partial charge in [-0.2, -0.15) is 0 Å². The van der Waals surface area contributed by atoms with Crippen LogP contribution in [0.5, 0.6) is 0 Å². The average Bonchev–Trinajstić information content (AvgIpc) is 3.23. The van der Waals surface area contributed by atoms with Crippen molar-refractivity contribution in [2.24, 2.45) is 0 Å². The molecule has 3 amide bonds. The highest BCUT2D eigenvalue weighted by Gasteiger charge is 2.43. The van der Waals surface area contributed by atoms with E-state index in [9.17, 15) is 9.59 Å². The van der Waals surface area contributed by atoms with E-state index in [1.807, 2.05) is 25.7 Å². The number of unbranched alkanes of at least 4 members (excludes halogenated alkanes) is 1. The number of amides is 3. The maximum atomic E-state index is 13.0. The Bertz CT molecular complexity index is 1760. The fraction of sp³-hybridized carbons (Fsp3) is 0.615. The van der Waals surface area contributed by atoms with E-state index >= 15 is 0 Å². The highest BCUT2D eigenvalue weighted by Crippen LogP contribution is 2.37. The summed E-state index contributed by atoms with van der Waals surface area (Å²) in [6, 6.07) is 33.7. The standard InChI is InChI=1S/C29H41N3O.C23H36N2O2/c1-29(2)22-27(31-20-11-17-26(23-31)25-15-7-4-8-16-25)18-21-32(29)28(33)30-19-10-9-14-24-12-5-3-6-13-24;1-22(2,3)27-21(26)25-15-13-20(16-23(25,4)5)24-14-9-12-19(17-24)18-10-7-6-8-11-18/h3-8,12-13,15-16,26-27H,9-11,14,17-23H2,1-2H3,(H,30,33);6-8,10-11,19-20H,9,12-17H2,1-5H3. The van der Waals surface area contributed by atoms with Crippen molar-refractivity contribution in [2.75, 3.05) is 45.8 Å². The minimum atomic E-state index is -0.445. The van der Waals surface area contributed by atoms with Gasteiger partial charge in [-0.15, -0.1) is 0 Å². The normalized spacial score (nSPS) is 24.8. The van der Waals surface area contributed by atoms with E-state index in [-0.39, 0.29) is 23.2 Å². The molecule has 60 heavy (non-hydrogen) atoms. The van der Waals surface area contributed by atoms with Gasteiger partial charge in [0.05, 0.1) is 0 Å². The van der Waals surface area contributed by atoms with Crippen molar-refractivity contribution < 1.29 is 14.3 Å². The van der Waals surface area contributed by atoms with Crippen LogP contribution in [0.4, 0.5) is 9.59 Å². The second-order valence-electron chi connectivity index (χ2n) is 20.4. The van der Waals surface area contributed by atoms with Crippen LogP contribution >= 0.6 is 0 Å². The summed E-state index contributed by atoms with van der Waals surface area (Å²) >= 11 is 0. The van der Waals surface area contributed by atoms with Crippen LogP contribution in [0.2, 0.25) is 0 Å². The Hall–Kier alpha value is -3.88. The number of rotatable bonds is 9. The molecule has 0 spiro atoms. The fourth-order valence-electron chi connectivity index (χ4n) is 10.5. The SMILES string of the molecule is CC(C)(C)OC(=O)N1CCC(N2CCCC(c3ccccc3)C2)CC1(C)C.CC1(C)CC(N2CCCC(c3ccccc3)C2)CCN1C(=O)NCCCCc1ccccc1. The van der Waals surface area contributed by atoms with E-state index in [4.69, 9.17) is 4.74 Å². The molecule has 8 heteroatoms. The van der Waals surface area contributed by atoms with Gasteiger partial charge in [-0.3, -0.25) is 9.80 Å². The van der Waals surface area contributed by atoms with Gasteiger partial charge < -0.3 is 19.9 Å². The van der Waals surface area contributed by atoms with E-state index in [1.54, 1.807) is 0 Å². The van der Waals surface area contributed by atoms with Crippen molar-refractivity contribution in [1.82, 2.24) is 24.9 Å². The first kappa shape index (κ1) is 45.6. The molecule has 4 aliphatic heterocycles. The lowest BCUT2D eigenvalue weighted by atomic mass is 9.83. The molecule has 0 aliphatic carbocycles. The van der Waals surface area contributed by atoms with Crippen LogP contribution in [0.15, 0.2) is 91.0 Å². The highest BCUT2D eigenvalue weighted by atomic mass is 16.6. The van der Waals surface area contributed by atoms with E-state index in [1.165, 1.54) is 55.5 Å². The molecule has 0 radical (unpaired) electrons. The number of hydrogen-bond donors (Lipinski definition) is 1. The molecule has 1 N–H and O–H groups in total. The Labute approximate surface area is 363 Å². The Morgan fingerprint density at radius 3 is 1.57 bits per heavy atom. The zero-order chi connectivity index (χ0) is 42.8. The second-order valence-corrected chi connectivity index (χ2v) is 20.4. The van der Waals surface area contributed by atoms with Gasteiger partial charge in [0.15, 0.2) is 0 Å². The molecule has 3 aromatic carbocycles. The number of carbonyl (C=O) groups is 2. The predicted molar refractivity (Wildman–Crippen MR) is 247 cm³/mol. The number of urea groups is 1. The van der Waals surface area contributed by atoms with Gasteiger partial charge in [-0.1, -0.05) is 91.0 Å². The summed E-state index contributed by atoms with van der Waals surface area (Å²) in [7, 11) is 0. The Kier molecular flexibility index (Phi) is 15.8. The lowest BCUT2D eigenvalue weighted by Crippen LogP contribution is -2.60. The maximum Gasteiger partial charge on any atom is 0.410 e. The molecule has 4 unspecified atom stereocenters. The van der Waals surface area contributed by atoms with Crippen molar-refractivity contribution in [3.63, 3.8) is 0 Å². The molecule has 0 aromatic heterocycles. The van der Waals surface area contributed by atoms with Crippen LogP contribution in [0, 0.1) is 0 Å². The average molecular weight is 820 g/mol. The molecule has 4 saturated heterocycles. The summed E-state index contributed by atoms with van der Waals surface area (Å²) in [4.78, 5) is 35.0. The van der Waals surface area contributed by atoms with Crippen LogP contribution in [-0.4, -0.2) is 106 Å². The molecule has 0 saturated carbocycles. The lowest BCUT2D eigenvalue weighted by Gasteiger charge is -2.49. The molecular weight excluding hydrogens is 743 g/mol. The third-order valence-electron chi connectivity index (χ3n) is 13.7. The van der Waals surface area contributed by atoms with Crippen LogP contribution < -0.4 is 5.32 Å². The van der Waals surface area contributed by atoms with E-state index < -0.39 is 5.60 Å². The molecule has 7 rings (SSSR count). The number of nitrogens with one attached hydrogen (secondary N) is 1. The molecule has 8 nitrogen and oxygen atoms in total. The van der Waals surface area contributed by atoms with Crippen molar-refractivity contribution in [3.05, 3.63) is 108 Å². The molecule has 3 aromatic rings. The highest BCUT2D eigenvalue weighted by molar-refractivity contribution is 5.75. The largest absolute Gasteiger partial charge is 0.444 e. The van der Waals surface area contributed by atoms with Gasteiger partial charge in [0, 0.05) is 55.9 Å². The smallest absolute Gasteiger partial charge is 0.410 e. The first-order valence-corrected chi connectivity index (χ1v) is 23.4. The van der Waals surface area contributed by atoms with Gasteiger partial charge in [-0.05, 0) is 161 Å². The first-order chi connectivity index (χ1) is 28.7. The summed E-state index contributed by atoms with van der Waals surface area (Å²) in [5.74, 6) is 1.27. The molecule has 4 aliphatic rings. The summed E-state index contributed by atoms with van der Waals surface area (Å²) in [5, 5.41) is 3.19. The quantitative estimate of drug-likeness (QED) is 0.218. The van der Waals surface area contributed by atoms with Crippen molar-refractivity contribution >= 4 is 12.1 Å². The predicted octanol–water partition coefficient (Wildman–Crippen LogP) is 10.9. The summed E-state index contributed by atoms with van der Waals surface area (Å²) < 4.78 is 5.64. The number of ether oxygens (including phenoxy) is 1. The van der Waals surface area contributed by atoms with Crippen LogP contribution in [0.1, 0.15) is 141 Å². The number of aryl methyl sites for hydroxylation is 1. The van der Waals surface area contributed by atoms with E-state index in [0.29, 0.717) is 23.9 Å². The minimum absolute atomic E-state index is 0.110. The molecule has 4 fully saturated rings. The van der Waals surface area contributed by atoms with Gasteiger partial charge in [-0.25, -0.2) is 9.59 Å². The number of benzene rings is 3. The van der Waals surface area contributed by atoms with E-state index in [0.717, 1.165) is 77.7 Å². The summed E-state index contributed by atoms with van der Waals surface area (Å²) in [5.41, 5.74) is 3.58. The van der Waals surface area contributed by atoms with E-state index in [2.05, 4.69) is 139 Å². The maximum absolute atomic E-state index is 13.0. The topological polar surface area (TPSA) is 68.4 Å². The van der Waals surface area contributed by atoms with Crippen molar-refractivity contribution in [3.8, 4) is 0 Å². The van der Waals surface area contributed by atoms with Crippen LogP contribution in [0.3, 0.4) is 0 Å². The number of carbonyl (C=O) groups excluding carboxylic acids is 2. The molecule has 0 bridgehead atoms. The third kappa shape index (κ3) is 12.8. The number of hydrogen-bond acceptors (Lipinski definition) is 5. The number of likely N-dealkylation sites (tertiary alicyclic amines) is 4. The van der Waals surface area contributed by atoms with Crippen molar-refractivity contribution in [2.45, 2.75) is 160 Å².